The SMILES string of the molecule is O=S(=O)(CCCCCP(CCCCCS(=O)(=O)c1ccccc1)CCCP(CCCCCS(=O)(=O)c1ccccc1)CCCCCS(=O)(=O)c1ccccc1)c1ccccc1. The van der Waals surface area contributed by atoms with E-state index in [0.717, 1.165) is 94.8 Å². The number of benzene rings is 4. The molecule has 0 aliphatic heterocycles. The molecule has 4 aromatic rings. The Hall–Kier alpha value is -2.46. The second kappa shape index (κ2) is 27.0. The van der Waals surface area contributed by atoms with Crippen molar-refractivity contribution in [3.8, 4) is 0 Å². The molecule has 8 nitrogen and oxygen atoms in total. The van der Waals surface area contributed by atoms with Crippen molar-refractivity contribution < 1.29 is 33.7 Å². The average molecular weight is 949 g/mol. The standard InChI is InChI=1S/C47H66O8P2S4/c48-58(49,44-26-9-1-10-27-44)40-21-5-17-34-56(35-18-6-22-41-59(50,51)45-28-11-2-12-29-45)38-25-39-57(36-19-7-23-42-60(52,53)46-30-13-3-14-31-46)37-20-8-24-43-61(54,55)47-32-15-4-16-33-47/h1-4,9-16,26-33H,5-8,17-25,34-43H2. The molecule has 0 fully saturated rings. The van der Waals surface area contributed by atoms with E-state index in [2.05, 4.69) is 0 Å². The summed E-state index contributed by atoms with van der Waals surface area (Å²) in [5, 5.41) is 0. The van der Waals surface area contributed by atoms with E-state index in [-0.39, 0.29) is 38.9 Å². The summed E-state index contributed by atoms with van der Waals surface area (Å²) in [5.74, 6) is 0.577. The molecule has 0 saturated carbocycles. The lowest BCUT2D eigenvalue weighted by Gasteiger charge is -2.22. The molecule has 0 saturated heterocycles. The van der Waals surface area contributed by atoms with E-state index in [1.165, 1.54) is 0 Å². The van der Waals surface area contributed by atoms with Gasteiger partial charge in [0.1, 0.15) is 0 Å². The molecule has 0 atom stereocenters. The third-order valence-electron chi connectivity index (χ3n) is 10.9. The Morgan fingerprint density at radius 3 is 0.656 bits per heavy atom. The quantitative estimate of drug-likeness (QED) is 0.0349. The predicted molar refractivity (Wildman–Crippen MR) is 257 cm³/mol. The fourth-order valence-corrected chi connectivity index (χ4v) is 18.4. The second-order valence-corrected chi connectivity index (χ2v) is 29.6. The van der Waals surface area contributed by atoms with Gasteiger partial charge in [-0.15, -0.1) is 15.8 Å². The number of hydrogen-bond acceptors (Lipinski definition) is 8. The van der Waals surface area contributed by atoms with E-state index in [9.17, 15) is 33.7 Å². The Morgan fingerprint density at radius 1 is 0.246 bits per heavy atom. The molecule has 0 aliphatic rings. The Labute approximate surface area is 370 Å². The van der Waals surface area contributed by atoms with Crippen LogP contribution in [0, 0.1) is 0 Å². The van der Waals surface area contributed by atoms with Gasteiger partial charge in [-0.1, -0.05) is 98.5 Å². The van der Waals surface area contributed by atoms with Gasteiger partial charge in [0.2, 0.25) is 0 Å². The summed E-state index contributed by atoms with van der Waals surface area (Å²) >= 11 is 0. The van der Waals surface area contributed by atoms with Crippen LogP contribution in [0.4, 0.5) is 0 Å². The monoisotopic (exact) mass is 948 g/mol. The van der Waals surface area contributed by atoms with E-state index in [0.29, 0.717) is 45.3 Å². The second-order valence-electron chi connectivity index (χ2n) is 15.8. The molecular formula is C47H66O8P2S4. The Bertz CT molecular complexity index is 1940. The first-order valence-electron chi connectivity index (χ1n) is 21.8. The number of sulfone groups is 4. The van der Waals surface area contributed by atoms with Gasteiger partial charge in [0.05, 0.1) is 42.6 Å². The zero-order valence-corrected chi connectivity index (χ0v) is 40.7. The van der Waals surface area contributed by atoms with Crippen molar-refractivity contribution in [3.63, 3.8) is 0 Å². The minimum absolute atomic E-state index is 0.144. The van der Waals surface area contributed by atoms with Gasteiger partial charge in [0.15, 0.2) is 39.3 Å². The van der Waals surface area contributed by atoms with Gasteiger partial charge in [-0.3, -0.25) is 0 Å². The van der Waals surface area contributed by atoms with E-state index in [1.54, 1.807) is 97.1 Å². The van der Waals surface area contributed by atoms with Crippen LogP contribution < -0.4 is 0 Å². The van der Waals surface area contributed by atoms with Gasteiger partial charge in [-0.2, -0.15) is 0 Å². The Kier molecular flexibility index (Phi) is 22.7. The maximum Gasteiger partial charge on any atom is 0.178 e. The lowest BCUT2D eigenvalue weighted by Crippen LogP contribution is -2.08. The van der Waals surface area contributed by atoms with Crippen molar-refractivity contribution in [2.45, 2.75) is 103 Å². The highest BCUT2D eigenvalue weighted by molar-refractivity contribution is 7.92. The van der Waals surface area contributed by atoms with Crippen molar-refractivity contribution >= 4 is 55.2 Å². The van der Waals surface area contributed by atoms with Crippen LogP contribution in [0.25, 0.3) is 0 Å². The van der Waals surface area contributed by atoms with E-state index in [1.807, 2.05) is 24.3 Å². The summed E-state index contributed by atoms with van der Waals surface area (Å²) in [5.41, 5.74) is 0. The molecule has 0 N–H and O–H groups in total. The van der Waals surface area contributed by atoms with Crippen molar-refractivity contribution in [1.82, 2.24) is 0 Å². The first kappa shape index (κ1) is 51.2. The molecule has 0 bridgehead atoms. The number of hydrogen-bond donors (Lipinski definition) is 0. The highest BCUT2D eigenvalue weighted by Gasteiger charge is 2.18. The maximum absolute atomic E-state index is 12.8. The fourth-order valence-electron chi connectivity index (χ4n) is 7.39. The first-order valence-corrected chi connectivity index (χ1v) is 32.2. The van der Waals surface area contributed by atoms with Crippen molar-refractivity contribution in [3.05, 3.63) is 121 Å². The van der Waals surface area contributed by atoms with Crippen LogP contribution >= 0.6 is 15.8 Å². The highest BCUT2D eigenvalue weighted by atomic mass is 32.2. The molecule has 14 heteroatoms. The van der Waals surface area contributed by atoms with E-state index >= 15 is 0 Å². The summed E-state index contributed by atoms with van der Waals surface area (Å²) in [4.78, 5) is 1.49. The first-order chi connectivity index (χ1) is 29.3. The zero-order valence-electron chi connectivity index (χ0n) is 35.6. The van der Waals surface area contributed by atoms with Crippen molar-refractivity contribution in [2.24, 2.45) is 0 Å². The third-order valence-corrected chi connectivity index (χ3v) is 23.9. The molecule has 0 amide bonds. The zero-order chi connectivity index (χ0) is 43.9. The minimum Gasteiger partial charge on any atom is -0.224 e. The van der Waals surface area contributed by atoms with Gasteiger partial charge < -0.3 is 0 Å². The Morgan fingerprint density at radius 2 is 0.443 bits per heavy atom. The van der Waals surface area contributed by atoms with E-state index < -0.39 is 39.3 Å². The Balaban J connectivity index is 1.29. The molecule has 0 radical (unpaired) electrons. The van der Waals surface area contributed by atoms with E-state index in [4.69, 9.17) is 0 Å². The summed E-state index contributed by atoms with van der Waals surface area (Å²) < 4.78 is 103. The largest absolute Gasteiger partial charge is 0.224 e. The van der Waals surface area contributed by atoms with Crippen LogP contribution in [-0.2, 0) is 39.3 Å². The molecule has 336 valence electrons. The minimum atomic E-state index is -3.30. The van der Waals surface area contributed by atoms with Crippen LogP contribution in [0.15, 0.2) is 141 Å². The van der Waals surface area contributed by atoms with Crippen LogP contribution in [0.1, 0.15) is 83.5 Å². The predicted octanol–water partition coefficient (Wildman–Crippen LogP) is 10.9. The van der Waals surface area contributed by atoms with Crippen molar-refractivity contribution in [1.29, 1.82) is 0 Å². The van der Waals surface area contributed by atoms with Gasteiger partial charge in [0.25, 0.3) is 0 Å². The average Bonchev–Trinajstić information content (AvgIpc) is 3.26. The number of unbranched alkanes of at least 4 members (excludes halogenated alkanes) is 8. The molecule has 0 aliphatic carbocycles. The molecule has 4 aromatic carbocycles. The van der Waals surface area contributed by atoms with Crippen LogP contribution in [0.2, 0.25) is 0 Å². The van der Waals surface area contributed by atoms with Gasteiger partial charge in [-0.05, 0) is 143 Å². The molecule has 0 heterocycles. The summed E-state index contributed by atoms with van der Waals surface area (Å²) in [6.07, 6.45) is 17.5. The normalized spacial score (nSPS) is 12.6. The molecular weight excluding hydrogens is 883 g/mol. The lowest BCUT2D eigenvalue weighted by atomic mass is 10.3. The summed E-state index contributed by atoms with van der Waals surface area (Å²) in [6, 6.07) is 34.5. The highest BCUT2D eigenvalue weighted by Crippen LogP contribution is 2.43. The summed E-state index contributed by atoms with van der Waals surface area (Å²) in [6.45, 7) is 0. The van der Waals surface area contributed by atoms with Crippen LogP contribution in [-0.4, -0.2) is 93.7 Å². The molecule has 61 heavy (non-hydrogen) atoms. The lowest BCUT2D eigenvalue weighted by molar-refractivity contribution is 0.589. The van der Waals surface area contributed by atoms with Gasteiger partial charge >= 0.3 is 0 Å². The van der Waals surface area contributed by atoms with Crippen LogP contribution in [0.3, 0.4) is 0 Å². The third kappa shape index (κ3) is 19.4. The maximum atomic E-state index is 12.8. The smallest absolute Gasteiger partial charge is 0.178 e. The topological polar surface area (TPSA) is 137 Å². The van der Waals surface area contributed by atoms with Gasteiger partial charge in [0, 0.05) is 0 Å². The van der Waals surface area contributed by atoms with Crippen LogP contribution in [0.5, 0.6) is 0 Å². The number of rotatable bonds is 32. The molecule has 4 rings (SSSR count). The molecule has 0 aromatic heterocycles. The molecule has 0 unspecified atom stereocenters. The van der Waals surface area contributed by atoms with Crippen molar-refractivity contribution in [2.75, 3.05) is 60.0 Å². The fraction of sp³-hybridized carbons (Fsp3) is 0.489. The van der Waals surface area contributed by atoms with Gasteiger partial charge in [-0.25, -0.2) is 33.7 Å². The summed E-state index contributed by atoms with van der Waals surface area (Å²) in [7, 11) is -13.8. The molecule has 0 spiro atoms.